The normalized spacial score (nSPS) is 15.1. The predicted molar refractivity (Wildman–Crippen MR) is 108 cm³/mol. The minimum absolute atomic E-state index is 0.0568. The van der Waals surface area contributed by atoms with Gasteiger partial charge in [-0.05, 0) is 74.1 Å². The highest BCUT2D eigenvalue weighted by molar-refractivity contribution is 5.94. The molecule has 0 saturated carbocycles. The first kappa shape index (κ1) is 19.2. The molecule has 1 heterocycles. The first-order chi connectivity index (χ1) is 12.8. The zero-order valence-electron chi connectivity index (χ0n) is 16.6. The molecule has 1 fully saturated rings. The number of benzene rings is 2. The van der Waals surface area contributed by atoms with Crippen LogP contribution in [0.1, 0.15) is 64.0 Å². The summed E-state index contributed by atoms with van der Waals surface area (Å²) >= 11 is 0. The largest absolute Gasteiger partial charge is 0.346 e. The average molecular weight is 364 g/mol. The summed E-state index contributed by atoms with van der Waals surface area (Å²) in [5.74, 6) is 0.137. The number of carbonyl (C=O) groups is 2. The number of rotatable bonds is 5. The van der Waals surface area contributed by atoms with Crippen LogP contribution < -0.4 is 5.32 Å². The summed E-state index contributed by atoms with van der Waals surface area (Å²) < 4.78 is 0. The summed E-state index contributed by atoms with van der Waals surface area (Å²) in [6.07, 6.45) is 1.59. The van der Waals surface area contributed by atoms with Gasteiger partial charge < -0.3 is 10.2 Å². The number of hydrogen-bond donors (Lipinski definition) is 1. The fourth-order valence-corrected chi connectivity index (χ4v) is 3.66. The van der Waals surface area contributed by atoms with Crippen molar-refractivity contribution in [2.24, 2.45) is 0 Å². The zero-order chi connectivity index (χ0) is 19.6. The fraction of sp³-hybridized carbons (Fsp3) is 0.391. The van der Waals surface area contributed by atoms with E-state index in [1.54, 1.807) is 0 Å². The van der Waals surface area contributed by atoms with Gasteiger partial charge >= 0.3 is 0 Å². The predicted octanol–water partition coefficient (Wildman–Crippen LogP) is 4.23. The molecule has 2 amide bonds. The summed E-state index contributed by atoms with van der Waals surface area (Å²) in [4.78, 5) is 26.2. The number of nitrogens with zero attached hydrogens (tertiary/aromatic N) is 1. The Morgan fingerprint density at radius 1 is 1.07 bits per heavy atom. The van der Waals surface area contributed by atoms with E-state index < -0.39 is 0 Å². The van der Waals surface area contributed by atoms with Crippen molar-refractivity contribution in [2.75, 3.05) is 6.54 Å². The van der Waals surface area contributed by atoms with E-state index in [1.165, 1.54) is 16.7 Å². The molecule has 1 saturated heterocycles. The molecule has 4 nitrogen and oxygen atoms in total. The summed E-state index contributed by atoms with van der Waals surface area (Å²) in [5.41, 5.74) is 6.53. The Hall–Kier alpha value is -2.62. The molecule has 1 N–H and O–H groups in total. The molecule has 2 aromatic carbocycles. The lowest BCUT2D eigenvalue weighted by molar-refractivity contribution is -0.128. The van der Waals surface area contributed by atoms with Gasteiger partial charge in [0, 0.05) is 25.1 Å². The van der Waals surface area contributed by atoms with Gasteiger partial charge in [-0.2, -0.15) is 0 Å². The van der Waals surface area contributed by atoms with Gasteiger partial charge in [0.2, 0.25) is 5.91 Å². The fourth-order valence-electron chi connectivity index (χ4n) is 3.66. The van der Waals surface area contributed by atoms with E-state index in [0.29, 0.717) is 18.5 Å². The lowest BCUT2D eigenvalue weighted by Gasteiger charge is -2.19. The van der Waals surface area contributed by atoms with Crippen molar-refractivity contribution < 1.29 is 9.59 Å². The third-order valence-corrected chi connectivity index (χ3v) is 5.46. The van der Waals surface area contributed by atoms with Gasteiger partial charge in [-0.25, -0.2) is 0 Å². The second kappa shape index (κ2) is 7.95. The van der Waals surface area contributed by atoms with Gasteiger partial charge in [0.1, 0.15) is 0 Å². The van der Waals surface area contributed by atoms with E-state index in [4.69, 9.17) is 0 Å². The van der Waals surface area contributed by atoms with E-state index in [0.717, 1.165) is 24.1 Å². The molecule has 0 radical (unpaired) electrons. The second-order valence-electron chi connectivity index (χ2n) is 7.60. The third-order valence-electron chi connectivity index (χ3n) is 5.46. The third kappa shape index (κ3) is 4.38. The molecular formula is C23H28N2O2. The first-order valence-electron chi connectivity index (χ1n) is 9.60. The Bertz CT molecular complexity index is 855. The molecule has 3 rings (SSSR count). The standard InChI is InChI=1S/C23H28N2O2/c1-15-12-17(3)21(13-16(15)2)18(4)24-23(27)20-9-7-19(8-10-20)14-25-11-5-6-22(25)26/h7-10,12-13,18H,5-6,11,14H2,1-4H3,(H,24,27)/t18-/m0/s1. The van der Waals surface area contributed by atoms with Crippen LogP contribution in [0.15, 0.2) is 36.4 Å². The van der Waals surface area contributed by atoms with Crippen LogP contribution in [0.2, 0.25) is 0 Å². The molecule has 1 aliphatic heterocycles. The Balaban J connectivity index is 1.65. The van der Waals surface area contributed by atoms with E-state index in [2.05, 4.69) is 38.2 Å². The monoisotopic (exact) mass is 364 g/mol. The lowest BCUT2D eigenvalue weighted by Crippen LogP contribution is -2.27. The van der Waals surface area contributed by atoms with Crippen molar-refractivity contribution in [3.05, 3.63) is 69.8 Å². The zero-order valence-corrected chi connectivity index (χ0v) is 16.6. The van der Waals surface area contributed by atoms with Crippen LogP contribution in [-0.4, -0.2) is 23.3 Å². The highest BCUT2D eigenvalue weighted by Crippen LogP contribution is 2.22. The summed E-state index contributed by atoms with van der Waals surface area (Å²) in [6.45, 7) is 9.75. The minimum Gasteiger partial charge on any atom is -0.346 e. The van der Waals surface area contributed by atoms with Crippen LogP contribution in [0, 0.1) is 20.8 Å². The molecule has 1 atom stereocenters. The van der Waals surface area contributed by atoms with Crippen molar-refractivity contribution in [3.63, 3.8) is 0 Å². The van der Waals surface area contributed by atoms with Crippen molar-refractivity contribution >= 4 is 11.8 Å². The molecule has 2 aromatic rings. The summed E-state index contributed by atoms with van der Waals surface area (Å²) in [5, 5.41) is 3.10. The quantitative estimate of drug-likeness (QED) is 0.863. The maximum Gasteiger partial charge on any atom is 0.251 e. The van der Waals surface area contributed by atoms with E-state index in [9.17, 15) is 9.59 Å². The van der Waals surface area contributed by atoms with Crippen LogP contribution in [0.3, 0.4) is 0 Å². The lowest BCUT2D eigenvalue weighted by atomic mass is 9.96. The number of aryl methyl sites for hydroxylation is 3. The van der Waals surface area contributed by atoms with Crippen LogP contribution >= 0.6 is 0 Å². The molecular weight excluding hydrogens is 336 g/mol. The Kier molecular flexibility index (Phi) is 5.64. The number of hydrogen-bond acceptors (Lipinski definition) is 2. The van der Waals surface area contributed by atoms with Gasteiger partial charge in [-0.15, -0.1) is 0 Å². The summed E-state index contributed by atoms with van der Waals surface area (Å²) in [7, 11) is 0. The summed E-state index contributed by atoms with van der Waals surface area (Å²) in [6, 6.07) is 11.8. The molecule has 0 bridgehead atoms. The molecule has 0 unspecified atom stereocenters. The van der Waals surface area contributed by atoms with Crippen LogP contribution in [0.5, 0.6) is 0 Å². The smallest absolute Gasteiger partial charge is 0.251 e. The van der Waals surface area contributed by atoms with Crippen molar-refractivity contribution in [1.29, 1.82) is 0 Å². The number of amides is 2. The maximum absolute atomic E-state index is 12.6. The molecule has 0 aromatic heterocycles. The highest BCUT2D eigenvalue weighted by atomic mass is 16.2. The topological polar surface area (TPSA) is 49.4 Å². The van der Waals surface area contributed by atoms with Crippen molar-refractivity contribution in [1.82, 2.24) is 10.2 Å². The highest BCUT2D eigenvalue weighted by Gasteiger charge is 2.20. The minimum atomic E-state index is -0.0797. The van der Waals surface area contributed by atoms with Gasteiger partial charge in [0.05, 0.1) is 6.04 Å². The number of likely N-dealkylation sites (tertiary alicyclic amines) is 1. The molecule has 1 aliphatic rings. The Labute approximate surface area is 161 Å². The molecule has 142 valence electrons. The van der Waals surface area contributed by atoms with Crippen LogP contribution in [-0.2, 0) is 11.3 Å². The Morgan fingerprint density at radius 3 is 2.37 bits per heavy atom. The van der Waals surface area contributed by atoms with Gasteiger partial charge in [-0.1, -0.05) is 24.3 Å². The first-order valence-corrected chi connectivity index (χ1v) is 9.60. The molecule has 27 heavy (non-hydrogen) atoms. The molecule has 0 spiro atoms. The van der Waals surface area contributed by atoms with Gasteiger partial charge in [0.25, 0.3) is 5.91 Å². The number of nitrogens with one attached hydrogen (secondary N) is 1. The number of carbonyl (C=O) groups excluding carboxylic acids is 2. The molecule has 4 heteroatoms. The second-order valence-corrected chi connectivity index (χ2v) is 7.60. The van der Waals surface area contributed by atoms with Crippen molar-refractivity contribution in [3.8, 4) is 0 Å². The maximum atomic E-state index is 12.6. The van der Waals surface area contributed by atoms with Crippen LogP contribution in [0.4, 0.5) is 0 Å². The van der Waals surface area contributed by atoms with E-state index >= 15 is 0 Å². The van der Waals surface area contributed by atoms with Crippen molar-refractivity contribution in [2.45, 2.75) is 53.1 Å². The Morgan fingerprint density at radius 2 is 1.74 bits per heavy atom. The van der Waals surface area contributed by atoms with Crippen LogP contribution in [0.25, 0.3) is 0 Å². The SMILES string of the molecule is Cc1cc(C)c([C@H](C)NC(=O)c2ccc(CN3CCCC3=O)cc2)cc1C. The molecule has 0 aliphatic carbocycles. The average Bonchev–Trinajstić information content (AvgIpc) is 3.03. The van der Waals surface area contributed by atoms with Gasteiger partial charge in [0.15, 0.2) is 0 Å². The van der Waals surface area contributed by atoms with E-state index in [-0.39, 0.29) is 17.9 Å². The van der Waals surface area contributed by atoms with E-state index in [1.807, 2.05) is 36.1 Å². The van der Waals surface area contributed by atoms with Gasteiger partial charge in [-0.3, -0.25) is 9.59 Å².